The van der Waals surface area contributed by atoms with Crippen LogP contribution in [0.4, 0.5) is 0 Å². The Labute approximate surface area is 209 Å². The first kappa shape index (κ1) is 31.7. The van der Waals surface area contributed by atoms with Crippen molar-refractivity contribution in [1.29, 1.82) is 0 Å². The van der Waals surface area contributed by atoms with E-state index in [4.69, 9.17) is 5.73 Å². The maximum absolute atomic E-state index is 10.7. The lowest BCUT2D eigenvalue weighted by Crippen LogP contribution is -2.25. The van der Waals surface area contributed by atoms with Crippen LogP contribution in [-0.4, -0.2) is 43.6 Å². The van der Waals surface area contributed by atoms with Crippen molar-refractivity contribution in [2.24, 2.45) is 16.6 Å². The zero-order valence-corrected chi connectivity index (χ0v) is 22.4. The zero-order valence-electron chi connectivity index (χ0n) is 22.4. The number of fused-ring (bicyclic) bond motifs is 2. The van der Waals surface area contributed by atoms with Crippen LogP contribution in [-0.2, 0) is 11.2 Å². The van der Waals surface area contributed by atoms with Crippen LogP contribution < -0.4 is 5.73 Å². The van der Waals surface area contributed by atoms with Crippen molar-refractivity contribution in [1.82, 2.24) is 4.90 Å². The summed E-state index contributed by atoms with van der Waals surface area (Å²) >= 11 is 0. The predicted octanol–water partition coefficient (Wildman–Crippen LogP) is 6.78. The van der Waals surface area contributed by atoms with E-state index in [9.17, 15) is 4.79 Å². The highest BCUT2D eigenvalue weighted by Crippen LogP contribution is 2.23. The maximum atomic E-state index is 10.7. The number of carbonyl (C=O) groups excluding carboxylic acids is 1. The van der Waals surface area contributed by atoms with Crippen LogP contribution in [0.5, 0.6) is 0 Å². The molecule has 1 aromatic carbocycles. The summed E-state index contributed by atoms with van der Waals surface area (Å²) in [7, 11) is 0. The standard InChI is InChI=1S/C11H11NO.C9H21N.C8H10.C2H7N/c13-8-10-6-7-12-11-3-1-2-9(10)4-5-11;1-4-7-9-10(6-3)8-5-2;1-2-8-6-4-3-5-7-8;1-2-3/h1-2,5-9H,3-4H2;4-9H2,1-3H3;3-7H,2H2,1H3;2-3H2,1H3/b10-6-,12-7?;;;. The third-order valence-electron chi connectivity index (χ3n) is 5.44. The van der Waals surface area contributed by atoms with Gasteiger partial charge in [-0.25, -0.2) is 0 Å². The van der Waals surface area contributed by atoms with Crippen molar-refractivity contribution >= 4 is 12.5 Å². The van der Waals surface area contributed by atoms with E-state index in [1.165, 1.54) is 44.5 Å². The van der Waals surface area contributed by atoms with Crippen molar-refractivity contribution in [3.05, 3.63) is 71.5 Å². The molecule has 4 nitrogen and oxygen atoms in total. The van der Waals surface area contributed by atoms with Crippen molar-refractivity contribution in [2.75, 3.05) is 26.2 Å². The highest BCUT2D eigenvalue weighted by Gasteiger charge is 2.13. The van der Waals surface area contributed by atoms with Gasteiger partial charge in [0, 0.05) is 29.8 Å². The van der Waals surface area contributed by atoms with Gasteiger partial charge in [-0.05, 0) is 63.5 Å². The van der Waals surface area contributed by atoms with Gasteiger partial charge in [0.25, 0.3) is 0 Å². The number of benzene rings is 1. The summed E-state index contributed by atoms with van der Waals surface area (Å²) in [5.41, 5.74) is 8.17. The molecule has 1 aliphatic carbocycles. The third kappa shape index (κ3) is 15.5. The monoisotopic (exact) mass is 467 g/mol. The van der Waals surface area contributed by atoms with Crippen LogP contribution in [0.15, 0.2) is 70.9 Å². The second-order valence-electron chi connectivity index (χ2n) is 8.27. The van der Waals surface area contributed by atoms with Gasteiger partial charge in [-0.2, -0.15) is 0 Å². The number of rotatable bonds is 8. The predicted molar refractivity (Wildman–Crippen MR) is 150 cm³/mol. The molecule has 2 N–H and O–H groups in total. The highest BCUT2D eigenvalue weighted by molar-refractivity contribution is 5.85. The second-order valence-corrected chi connectivity index (χ2v) is 8.27. The van der Waals surface area contributed by atoms with Crippen LogP contribution in [0.3, 0.4) is 0 Å². The first-order valence-corrected chi connectivity index (χ1v) is 13.1. The Kier molecular flexibility index (Phi) is 21.0. The van der Waals surface area contributed by atoms with Gasteiger partial charge in [0.15, 0.2) is 0 Å². The van der Waals surface area contributed by atoms with E-state index in [0.29, 0.717) is 0 Å². The Hall–Kier alpha value is -2.30. The minimum atomic E-state index is 0.252. The fourth-order valence-corrected chi connectivity index (χ4v) is 3.44. The Bertz CT molecular complexity index is 735. The molecule has 1 aliphatic heterocycles. The van der Waals surface area contributed by atoms with Gasteiger partial charge in [-0.15, -0.1) is 0 Å². The molecule has 1 unspecified atom stereocenters. The van der Waals surface area contributed by atoms with Gasteiger partial charge in [-0.3, -0.25) is 9.79 Å². The van der Waals surface area contributed by atoms with E-state index in [1.54, 1.807) is 12.3 Å². The topological polar surface area (TPSA) is 58.7 Å². The molecule has 4 heteroatoms. The molecule has 0 amide bonds. The summed E-state index contributed by atoms with van der Waals surface area (Å²) < 4.78 is 0. The molecule has 1 heterocycles. The number of hydrogen-bond acceptors (Lipinski definition) is 4. The molecule has 190 valence electrons. The van der Waals surface area contributed by atoms with Crippen LogP contribution >= 0.6 is 0 Å². The molecule has 0 fully saturated rings. The Balaban J connectivity index is 0.000000467. The normalized spacial score (nSPS) is 17.2. The number of nitrogens with two attached hydrogens (primary N) is 1. The van der Waals surface area contributed by atoms with Crippen LogP contribution in [0.1, 0.15) is 72.3 Å². The lowest BCUT2D eigenvalue weighted by Gasteiger charge is -2.18. The van der Waals surface area contributed by atoms with Crippen molar-refractivity contribution in [3.8, 4) is 0 Å². The molecule has 2 bridgehead atoms. The third-order valence-corrected chi connectivity index (χ3v) is 5.44. The molecule has 1 aromatic rings. The summed E-state index contributed by atoms with van der Waals surface area (Å²) in [6, 6.07) is 10.5. The zero-order chi connectivity index (χ0) is 25.4. The Morgan fingerprint density at radius 2 is 1.76 bits per heavy atom. The first-order valence-electron chi connectivity index (χ1n) is 13.1. The number of aldehydes is 1. The Morgan fingerprint density at radius 3 is 2.29 bits per heavy atom. The van der Waals surface area contributed by atoms with Crippen molar-refractivity contribution in [2.45, 2.75) is 73.1 Å². The van der Waals surface area contributed by atoms with E-state index in [0.717, 1.165) is 43.4 Å². The molecule has 0 saturated carbocycles. The maximum Gasteiger partial charge on any atom is 0.146 e. The van der Waals surface area contributed by atoms with Gasteiger partial charge < -0.3 is 10.6 Å². The average Bonchev–Trinajstić information content (AvgIpc) is 3.05. The average molecular weight is 468 g/mol. The summed E-state index contributed by atoms with van der Waals surface area (Å²) in [5.74, 6) is 0.252. The SMILES string of the molecule is CCCCN(CC)CCC.CCN.CCc1ccccc1.O=C/C1=C/C=NC2=CCC1C=CC2. The van der Waals surface area contributed by atoms with Crippen LogP contribution in [0.25, 0.3) is 0 Å². The number of hydrogen-bond donors (Lipinski definition) is 1. The number of carbonyl (C=O) groups is 1. The van der Waals surface area contributed by atoms with Crippen LogP contribution in [0.2, 0.25) is 0 Å². The minimum Gasteiger partial charge on any atom is -0.331 e. The lowest BCUT2D eigenvalue weighted by molar-refractivity contribution is -0.105. The summed E-state index contributed by atoms with van der Waals surface area (Å²) in [6.07, 6.45) is 17.6. The lowest BCUT2D eigenvalue weighted by atomic mass is 9.96. The largest absolute Gasteiger partial charge is 0.331 e. The van der Waals surface area contributed by atoms with E-state index in [2.05, 4.69) is 80.1 Å². The number of unbranched alkanes of at least 4 members (excludes halogenated alkanes) is 1. The summed E-state index contributed by atoms with van der Waals surface area (Å²) in [5, 5.41) is 0. The van der Waals surface area contributed by atoms with Crippen LogP contribution in [0, 0.1) is 5.92 Å². The Morgan fingerprint density at radius 1 is 1.06 bits per heavy atom. The molecular formula is C30H49N3O. The fraction of sp³-hybridized carbons (Fsp3) is 0.533. The van der Waals surface area contributed by atoms with Gasteiger partial charge in [0.2, 0.25) is 0 Å². The highest BCUT2D eigenvalue weighted by atomic mass is 16.1. The van der Waals surface area contributed by atoms with Gasteiger partial charge in [0.1, 0.15) is 6.29 Å². The number of aliphatic imine (C=N–C) groups is 1. The van der Waals surface area contributed by atoms with Gasteiger partial charge in [0.05, 0.1) is 0 Å². The van der Waals surface area contributed by atoms with Crippen molar-refractivity contribution in [3.63, 3.8) is 0 Å². The fourth-order valence-electron chi connectivity index (χ4n) is 3.44. The summed E-state index contributed by atoms with van der Waals surface area (Å²) in [4.78, 5) is 17.5. The summed E-state index contributed by atoms with van der Waals surface area (Å²) in [6.45, 7) is 15.3. The second kappa shape index (κ2) is 22.5. The molecule has 0 spiro atoms. The molecular weight excluding hydrogens is 418 g/mol. The molecule has 0 radical (unpaired) electrons. The molecule has 2 aliphatic rings. The van der Waals surface area contributed by atoms with E-state index >= 15 is 0 Å². The number of nitrogens with zero attached hydrogens (tertiary/aromatic N) is 2. The molecule has 34 heavy (non-hydrogen) atoms. The smallest absolute Gasteiger partial charge is 0.146 e. The number of aryl methyl sites for hydroxylation is 1. The van der Waals surface area contributed by atoms with Gasteiger partial charge in [-0.1, -0.05) is 89.6 Å². The minimum absolute atomic E-state index is 0.252. The van der Waals surface area contributed by atoms with Crippen molar-refractivity contribution < 1.29 is 4.79 Å². The van der Waals surface area contributed by atoms with E-state index < -0.39 is 0 Å². The van der Waals surface area contributed by atoms with E-state index in [-0.39, 0.29) is 5.92 Å². The number of allylic oxidation sites excluding steroid dienone is 5. The molecule has 1 atom stereocenters. The van der Waals surface area contributed by atoms with Gasteiger partial charge >= 0.3 is 0 Å². The van der Waals surface area contributed by atoms with E-state index in [1.807, 2.05) is 13.0 Å². The molecule has 0 aromatic heterocycles. The first-order chi connectivity index (χ1) is 16.6. The molecule has 3 rings (SSSR count). The molecule has 0 saturated heterocycles. The quantitative estimate of drug-likeness (QED) is 0.339.